The van der Waals surface area contributed by atoms with E-state index in [0.29, 0.717) is 6.29 Å². The van der Waals surface area contributed by atoms with Crippen LogP contribution in [0.3, 0.4) is 0 Å². The Balaban J connectivity index is 3.04. The molecule has 0 amide bonds. The maximum atomic E-state index is 11.8. The SMILES string of the molecule is O=Cc1cncc(OC(F)(F)F)c1Br. The molecule has 0 aromatic carbocycles. The molecule has 7 heteroatoms. The van der Waals surface area contributed by atoms with Crippen LogP contribution in [0.4, 0.5) is 13.2 Å². The van der Waals surface area contributed by atoms with Gasteiger partial charge in [0.15, 0.2) is 12.0 Å². The monoisotopic (exact) mass is 269 g/mol. The quantitative estimate of drug-likeness (QED) is 0.775. The lowest BCUT2D eigenvalue weighted by Crippen LogP contribution is -2.17. The molecule has 0 radical (unpaired) electrons. The predicted molar refractivity (Wildman–Crippen MR) is 44.0 cm³/mol. The molecule has 0 fully saturated rings. The highest BCUT2D eigenvalue weighted by molar-refractivity contribution is 9.10. The Bertz CT molecular complexity index is 353. The maximum absolute atomic E-state index is 11.8. The molecule has 0 saturated heterocycles. The summed E-state index contributed by atoms with van der Waals surface area (Å²) in [6, 6.07) is 0. The molecule has 3 nitrogen and oxygen atoms in total. The highest BCUT2D eigenvalue weighted by Crippen LogP contribution is 2.31. The van der Waals surface area contributed by atoms with E-state index < -0.39 is 12.1 Å². The zero-order valence-electron chi connectivity index (χ0n) is 6.51. The molecule has 1 aromatic rings. The van der Waals surface area contributed by atoms with Crippen molar-refractivity contribution in [2.75, 3.05) is 0 Å². The fourth-order valence-electron chi connectivity index (χ4n) is 0.719. The van der Waals surface area contributed by atoms with Crippen LogP contribution in [0.2, 0.25) is 0 Å². The first-order valence-corrected chi connectivity index (χ1v) is 4.08. The van der Waals surface area contributed by atoms with Crippen molar-refractivity contribution in [2.24, 2.45) is 0 Å². The third-order valence-corrected chi connectivity index (χ3v) is 2.08. The van der Waals surface area contributed by atoms with Crippen LogP contribution in [0.5, 0.6) is 5.75 Å². The Labute approximate surface area is 85.0 Å². The van der Waals surface area contributed by atoms with Crippen molar-refractivity contribution in [3.05, 3.63) is 22.4 Å². The van der Waals surface area contributed by atoms with E-state index in [9.17, 15) is 18.0 Å². The van der Waals surface area contributed by atoms with Gasteiger partial charge >= 0.3 is 6.36 Å². The lowest BCUT2D eigenvalue weighted by molar-refractivity contribution is -0.275. The molecule has 0 unspecified atom stereocenters. The van der Waals surface area contributed by atoms with E-state index in [1.807, 2.05) is 0 Å². The van der Waals surface area contributed by atoms with Crippen LogP contribution in [0.15, 0.2) is 16.9 Å². The Morgan fingerprint density at radius 2 is 2.07 bits per heavy atom. The molecule has 0 N–H and O–H groups in total. The molecule has 1 heterocycles. The number of pyridine rings is 1. The number of carbonyl (C=O) groups excluding carboxylic acids is 1. The molecule has 0 aliphatic carbocycles. The van der Waals surface area contributed by atoms with Gasteiger partial charge in [-0.2, -0.15) is 0 Å². The van der Waals surface area contributed by atoms with Gasteiger partial charge in [-0.15, -0.1) is 13.2 Å². The van der Waals surface area contributed by atoms with Crippen molar-refractivity contribution in [1.29, 1.82) is 0 Å². The Morgan fingerprint density at radius 1 is 1.43 bits per heavy atom. The van der Waals surface area contributed by atoms with Gasteiger partial charge in [-0.1, -0.05) is 0 Å². The summed E-state index contributed by atoms with van der Waals surface area (Å²) in [6.07, 6.45) is -2.43. The molecule has 0 saturated carbocycles. The van der Waals surface area contributed by atoms with Gasteiger partial charge in [0.2, 0.25) is 0 Å². The smallest absolute Gasteiger partial charge is 0.403 e. The van der Waals surface area contributed by atoms with Gasteiger partial charge < -0.3 is 4.74 Å². The molecular formula is C7H3BrF3NO2. The highest BCUT2D eigenvalue weighted by atomic mass is 79.9. The maximum Gasteiger partial charge on any atom is 0.573 e. The molecular weight excluding hydrogens is 267 g/mol. The topological polar surface area (TPSA) is 39.2 Å². The van der Waals surface area contributed by atoms with E-state index in [0.717, 1.165) is 12.4 Å². The second kappa shape index (κ2) is 3.95. The summed E-state index contributed by atoms with van der Waals surface area (Å²) in [5.41, 5.74) is -0.00764. The molecule has 0 aliphatic heterocycles. The largest absolute Gasteiger partial charge is 0.573 e. The zero-order chi connectivity index (χ0) is 10.8. The van der Waals surface area contributed by atoms with Crippen molar-refractivity contribution in [3.8, 4) is 5.75 Å². The van der Waals surface area contributed by atoms with Gasteiger partial charge in [0, 0.05) is 6.20 Å². The molecule has 76 valence electrons. The average molecular weight is 270 g/mol. The third kappa shape index (κ3) is 2.69. The summed E-state index contributed by atoms with van der Waals surface area (Å²) >= 11 is 2.80. The first kappa shape index (κ1) is 11.0. The summed E-state index contributed by atoms with van der Waals surface area (Å²) in [5, 5.41) is 0. The van der Waals surface area contributed by atoms with Crippen LogP contribution in [0, 0.1) is 0 Å². The average Bonchev–Trinajstić information content (AvgIpc) is 2.06. The second-order valence-electron chi connectivity index (χ2n) is 2.21. The first-order chi connectivity index (χ1) is 6.44. The van der Waals surface area contributed by atoms with Crippen LogP contribution in [0.1, 0.15) is 10.4 Å². The summed E-state index contributed by atoms with van der Waals surface area (Å²) in [7, 11) is 0. The van der Waals surface area contributed by atoms with E-state index in [-0.39, 0.29) is 10.0 Å². The Hall–Kier alpha value is -1.11. The summed E-state index contributed by atoms with van der Waals surface area (Å²) in [6.45, 7) is 0. The normalized spacial score (nSPS) is 11.1. The fourth-order valence-corrected chi connectivity index (χ4v) is 1.10. The number of alkyl halides is 3. The van der Waals surface area contributed by atoms with Crippen LogP contribution >= 0.6 is 15.9 Å². The minimum absolute atomic E-state index is 0.00764. The van der Waals surface area contributed by atoms with Crippen molar-refractivity contribution in [1.82, 2.24) is 4.98 Å². The summed E-state index contributed by atoms with van der Waals surface area (Å²) in [4.78, 5) is 13.8. The summed E-state index contributed by atoms with van der Waals surface area (Å²) in [5.74, 6) is -0.540. The van der Waals surface area contributed by atoms with E-state index in [1.165, 1.54) is 0 Å². The minimum atomic E-state index is -4.80. The van der Waals surface area contributed by atoms with Gasteiger partial charge in [0.1, 0.15) is 0 Å². The number of nitrogens with zero attached hydrogens (tertiary/aromatic N) is 1. The fraction of sp³-hybridized carbons (Fsp3) is 0.143. The van der Waals surface area contributed by atoms with Gasteiger partial charge in [-0.25, -0.2) is 0 Å². The number of hydrogen-bond donors (Lipinski definition) is 0. The standard InChI is InChI=1S/C7H3BrF3NO2/c8-6-4(3-13)1-12-2-5(6)14-7(9,10)11/h1-3H. The van der Waals surface area contributed by atoms with Gasteiger partial charge in [-0.3, -0.25) is 9.78 Å². The number of aldehydes is 1. The molecule has 14 heavy (non-hydrogen) atoms. The number of carbonyl (C=O) groups is 1. The predicted octanol–water partition coefficient (Wildman–Crippen LogP) is 2.56. The number of rotatable bonds is 2. The number of aromatic nitrogens is 1. The van der Waals surface area contributed by atoms with Crippen LogP contribution in [-0.2, 0) is 0 Å². The van der Waals surface area contributed by atoms with E-state index in [4.69, 9.17) is 0 Å². The van der Waals surface area contributed by atoms with Gasteiger partial charge in [0.25, 0.3) is 0 Å². The zero-order valence-corrected chi connectivity index (χ0v) is 8.09. The molecule has 1 rings (SSSR count). The number of halogens is 4. The molecule has 0 aliphatic rings. The van der Waals surface area contributed by atoms with Crippen molar-refractivity contribution in [3.63, 3.8) is 0 Å². The first-order valence-electron chi connectivity index (χ1n) is 3.28. The second-order valence-corrected chi connectivity index (χ2v) is 3.00. The van der Waals surface area contributed by atoms with Crippen LogP contribution < -0.4 is 4.74 Å². The third-order valence-electron chi connectivity index (χ3n) is 1.23. The Kier molecular flexibility index (Phi) is 3.10. The van der Waals surface area contributed by atoms with Crippen molar-refractivity contribution >= 4 is 22.2 Å². The van der Waals surface area contributed by atoms with E-state index in [2.05, 4.69) is 25.7 Å². The lowest BCUT2D eigenvalue weighted by atomic mass is 10.3. The Morgan fingerprint density at radius 3 is 2.57 bits per heavy atom. The lowest BCUT2D eigenvalue weighted by Gasteiger charge is -2.10. The van der Waals surface area contributed by atoms with E-state index >= 15 is 0 Å². The highest BCUT2D eigenvalue weighted by Gasteiger charge is 2.32. The van der Waals surface area contributed by atoms with Crippen LogP contribution in [-0.4, -0.2) is 17.6 Å². The molecule has 1 aromatic heterocycles. The van der Waals surface area contributed by atoms with Gasteiger partial charge in [-0.05, 0) is 15.9 Å². The molecule has 0 spiro atoms. The van der Waals surface area contributed by atoms with Crippen molar-refractivity contribution < 1.29 is 22.7 Å². The number of hydrogen-bond acceptors (Lipinski definition) is 3. The summed E-state index contributed by atoms with van der Waals surface area (Å²) < 4.78 is 38.9. The molecule has 0 atom stereocenters. The number of ether oxygens (including phenoxy) is 1. The van der Waals surface area contributed by atoms with Crippen molar-refractivity contribution in [2.45, 2.75) is 6.36 Å². The van der Waals surface area contributed by atoms with E-state index in [1.54, 1.807) is 0 Å². The minimum Gasteiger partial charge on any atom is -0.403 e. The van der Waals surface area contributed by atoms with Gasteiger partial charge in [0.05, 0.1) is 16.2 Å². The molecule has 0 bridgehead atoms. The van der Waals surface area contributed by atoms with Crippen LogP contribution in [0.25, 0.3) is 0 Å².